The molecular weight excluding hydrogens is 216 g/mol. The summed E-state index contributed by atoms with van der Waals surface area (Å²) >= 11 is 0. The van der Waals surface area contributed by atoms with Crippen LogP contribution in [0.3, 0.4) is 0 Å². The molecule has 0 aliphatic rings. The van der Waals surface area contributed by atoms with E-state index in [0.717, 1.165) is 11.1 Å². The number of nitrogens with zero attached hydrogens (tertiary/aromatic N) is 1. The van der Waals surface area contributed by atoms with Crippen LogP contribution in [0.5, 0.6) is 5.75 Å². The normalized spacial score (nSPS) is 9.88. The van der Waals surface area contributed by atoms with Gasteiger partial charge >= 0.3 is 0 Å². The van der Waals surface area contributed by atoms with E-state index < -0.39 is 5.91 Å². The first-order chi connectivity index (χ1) is 8.25. The van der Waals surface area contributed by atoms with Crippen LogP contribution >= 0.6 is 0 Å². The van der Waals surface area contributed by atoms with Gasteiger partial charge in [0.05, 0.1) is 0 Å². The number of primary amides is 1. The first-order valence-corrected chi connectivity index (χ1v) is 5.17. The van der Waals surface area contributed by atoms with Gasteiger partial charge in [-0.15, -0.1) is 0 Å². The van der Waals surface area contributed by atoms with Crippen LogP contribution in [0.25, 0.3) is 11.1 Å². The Morgan fingerprint density at radius 2 is 1.65 bits per heavy atom. The van der Waals surface area contributed by atoms with Gasteiger partial charge in [-0.3, -0.25) is 9.78 Å². The molecule has 0 radical (unpaired) electrons. The largest absolute Gasteiger partial charge is 0.484 e. The van der Waals surface area contributed by atoms with Crippen molar-refractivity contribution in [3.8, 4) is 16.9 Å². The molecule has 0 fully saturated rings. The van der Waals surface area contributed by atoms with Crippen molar-refractivity contribution in [2.75, 3.05) is 6.61 Å². The molecule has 0 atom stereocenters. The first-order valence-electron chi connectivity index (χ1n) is 5.17. The van der Waals surface area contributed by atoms with Gasteiger partial charge in [-0.05, 0) is 35.4 Å². The summed E-state index contributed by atoms with van der Waals surface area (Å²) in [4.78, 5) is 14.5. The molecule has 0 unspecified atom stereocenters. The van der Waals surface area contributed by atoms with E-state index in [1.165, 1.54) is 0 Å². The number of hydrogen-bond acceptors (Lipinski definition) is 3. The minimum absolute atomic E-state index is 0.103. The molecule has 0 aliphatic heterocycles. The Kier molecular flexibility index (Phi) is 3.35. The molecule has 2 aromatic rings. The highest BCUT2D eigenvalue weighted by atomic mass is 16.5. The van der Waals surface area contributed by atoms with Crippen molar-refractivity contribution in [1.82, 2.24) is 4.98 Å². The summed E-state index contributed by atoms with van der Waals surface area (Å²) in [5, 5.41) is 0. The number of hydrogen-bond donors (Lipinski definition) is 1. The van der Waals surface area contributed by atoms with Crippen LogP contribution in [0.1, 0.15) is 0 Å². The standard InChI is InChI=1S/C13H12N2O2/c14-13(16)9-17-12-3-1-10(2-4-12)11-5-7-15-8-6-11/h1-8H,9H2,(H2,14,16). The molecule has 0 aliphatic carbocycles. The predicted molar refractivity (Wildman–Crippen MR) is 64.4 cm³/mol. The Hall–Kier alpha value is -2.36. The molecule has 1 heterocycles. The summed E-state index contributed by atoms with van der Waals surface area (Å²) in [5.41, 5.74) is 7.14. The van der Waals surface area contributed by atoms with Gasteiger partial charge in [0.2, 0.25) is 0 Å². The fraction of sp³-hybridized carbons (Fsp3) is 0.0769. The number of amides is 1. The zero-order chi connectivity index (χ0) is 12.1. The van der Waals surface area contributed by atoms with Gasteiger partial charge in [0.25, 0.3) is 5.91 Å². The van der Waals surface area contributed by atoms with Gasteiger partial charge in [0.1, 0.15) is 5.75 Å². The molecule has 2 N–H and O–H groups in total. The Morgan fingerprint density at radius 3 is 2.24 bits per heavy atom. The zero-order valence-electron chi connectivity index (χ0n) is 9.17. The van der Waals surface area contributed by atoms with E-state index >= 15 is 0 Å². The second-order valence-electron chi connectivity index (χ2n) is 3.52. The minimum atomic E-state index is -0.483. The zero-order valence-corrected chi connectivity index (χ0v) is 9.17. The Morgan fingerprint density at radius 1 is 1.06 bits per heavy atom. The van der Waals surface area contributed by atoms with E-state index in [2.05, 4.69) is 4.98 Å². The number of benzene rings is 1. The second-order valence-corrected chi connectivity index (χ2v) is 3.52. The maximum absolute atomic E-state index is 10.6. The third-order valence-corrected chi connectivity index (χ3v) is 2.25. The highest BCUT2D eigenvalue weighted by molar-refractivity contribution is 5.75. The van der Waals surface area contributed by atoms with Crippen molar-refractivity contribution >= 4 is 5.91 Å². The molecule has 17 heavy (non-hydrogen) atoms. The second kappa shape index (κ2) is 5.12. The van der Waals surface area contributed by atoms with E-state index in [0.29, 0.717) is 5.75 Å². The lowest BCUT2D eigenvalue weighted by Gasteiger charge is -2.05. The molecular formula is C13H12N2O2. The molecule has 0 saturated carbocycles. The molecule has 1 aromatic carbocycles. The highest BCUT2D eigenvalue weighted by Crippen LogP contribution is 2.21. The van der Waals surface area contributed by atoms with Crippen molar-refractivity contribution in [3.63, 3.8) is 0 Å². The lowest BCUT2D eigenvalue weighted by Crippen LogP contribution is -2.19. The summed E-state index contributed by atoms with van der Waals surface area (Å²) in [6, 6.07) is 11.3. The molecule has 0 saturated heterocycles. The average Bonchev–Trinajstić information content (AvgIpc) is 2.38. The Bertz CT molecular complexity index is 495. The number of aromatic nitrogens is 1. The van der Waals surface area contributed by atoms with E-state index in [9.17, 15) is 4.79 Å². The van der Waals surface area contributed by atoms with Gasteiger partial charge in [-0.2, -0.15) is 0 Å². The van der Waals surface area contributed by atoms with Gasteiger partial charge in [0, 0.05) is 12.4 Å². The first kappa shape index (κ1) is 11.1. The van der Waals surface area contributed by atoms with Crippen molar-refractivity contribution < 1.29 is 9.53 Å². The predicted octanol–water partition coefficient (Wildman–Crippen LogP) is 1.61. The van der Waals surface area contributed by atoms with Gasteiger partial charge in [-0.25, -0.2) is 0 Å². The summed E-state index contributed by atoms with van der Waals surface area (Å²) in [7, 11) is 0. The van der Waals surface area contributed by atoms with E-state index in [1.807, 2.05) is 24.3 Å². The van der Waals surface area contributed by atoms with Crippen LogP contribution in [-0.4, -0.2) is 17.5 Å². The maximum Gasteiger partial charge on any atom is 0.255 e. The van der Waals surface area contributed by atoms with Crippen LogP contribution in [-0.2, 0) is 4.79 Å². The number of rotatable bonds is 4. The van der Waals surface area contributed by atoms with Gasteiger partial charge in [0.15, 0.2) is 6.61 Å². The number of carbonyl (C=O) groups is 1. The van der Waals surface area contributed by atoms with Crippen molar-refractivity contribution in [2.45, 2.75) is 0 Å². The summed E-state index contributed by atoms with van der Waals surface area (Å²) in [6.07, 6.45) is 3.49. The fourth-order valence-corrected chi connectivity index (χ4v) is 1.44. The lowest BCUT2D eigenvalue weighted by molar-refractivity contribution is -0.119. The third kappa shape index (κ3) is 3.04. The number of carbonyl (C=O) groups excluding carboxylic acids is 1. The van der Waals surface area contributed by atoms with Gasteiger partial charge in [-0.1, -0.05) is 12.1 Å². The van der Waals surface area contributed by atoms with Crippen molar-refractivity contribution in [2.24, 2.45) is 5.73 Å². The van der Waals surface area contributed by atoms with E-state index in [4.69, 9.17) is 10.5 Å². The Balaban J connectivity index is 2.11. The number of nitrogens with two attached hydrogens (primary N) is 1. The topological polar surface area (TPSA) is 65.2 Å². The SMILES string of the molecule is NC(=O)COc1ccc(-c2ccncc2)cc1. The molecule has 1 amide bonds. The highest BCUT2D eigenvalue weighted by Gasteiger charge is 1.99. The molecule has 4 nitrogen and oxygen atoms in total. The summed E-state index contributed by atoms with van der Waals surface area (Å²) < 4.78 is 5.17. The molecule has 0 bridgehead atoms. The Labute approximate surface area is 99.1 Å². The minimum Gasteiger partial charge on any atom is -0.484 e. The van der Waals surface area contributed by atoms with E-state index in [1.54, 1.807) is 24.5 Å². The maximum atomic E-state index is 10.6. The van der Waals surface area contributed by atoms with Gasteiger partial charge < -0.3 is 10.5 Å². The van der Waals surface area contributed by atoms with Crippen LogP contribution in [0.2, 0.25) is 0 Å². The smallest absolute Gasteiger partial charge is 0.255 e. The molecule has 1 aromatic heterocycles. The quantitative estimate of drug-likeness (QED) is 0.864. The van der Waals surface area contributed by atoms with Crippen LogP contribution in [0.15, 0.2) is 48.8 Å². The molecule has 2 rings (SSSR count). The molecule has 86 valence electrons. The third-order valence-electron chi connectivity index (χ3n) is 2.25. The molecule has 0 spiro atoms. The fourth-order valence-electron chi connectivity index (χ4n) is 1.44. The van der Waals surface area contributed by atoms with E-state index in [-0.39, 0.29) is 6.61 Å². The lowest BCUT2D eigenvalue weighted by atomic mass is 10.1. The van der Waals surface area contributed by atoms with Crippen molar-refractivity contribution in [3.05, 3.63) is 48.8 Å². The number of pyridine rings is 1. The monoisotopic (exact) mass is 228 g/mol. The van der Waals surface area contributed by atoms with Crippen molar-refractivity contribution in [1.29, 1.82) is 0 Å². The average molecular weight is 228 g/mol. The van der Waals surface area contributed by atoms with Crippen LogP contribution in [0, 0.1) is 0 Å². The number of ether oxygens (including phenoxy) is 1. The van der Waals surface area contributed by atoms with Crippen LogP contribution in [0.4, 0.5) is 0 Å². The summed E-state index contributed by atoms with van der Waals surface area (Å²) in [5.74, 6) is 0.143. The van der Waals surface area contributed by atoms with Crippen LogP contribution < -0.4 is 10.5 Å². The molecule has 4 heteroatoms. The summed E-state index contributed by atoms with van der Waals surface area (Å²) in [6.45, 7) is -0.103.